The van der Waals surface area contributed by atoms with Crippen LogP contribution in [0.4, 0.5) is 0 Å². The Morgan fingerprint density at radius 1 is 1.06 bits per heavy atom. The molecule has 0 atom stereocenters. The number of carbonyl (C=O) groups excluding carboxylic acids is 2. The highest BCUT2D eigenvalue weighted by Gasteiger charge is 2.19. The lowest BCUT2D eigenvalue weighted by Gasteiger charge is -2.17. The Morgan fingerprint density at radius 3 is 2.47 bits per heavy atom. The van der Waals surface area contributed by atoms with Crippen LogP contribution in [0.2, 0.25) is 0 Å². The van der Waals surface area contributed by atoms with Crippen molar-refractivity contribution in [2.45, 2.75) is 26.7 Å². The number of esters is 1. The van der Waals surface area contributed by atoms with E-state index in [1.165, 1.54) is 0 Å². The van der Waals surface area contributed by atoms with Gasteiger partial charge < -0.3 is 14.4 Å². The van der Waals surface area contributed by atoms with Crippen LogP contribution < -0.4 is 4.74 Å². The molecule has 7 nitrogen and oxygen atoms in total. The largest absolute Gasteiger partial charge is 0.497 e. The fourth-order valence-corrected chi connectivity index (χ4v) is 3.33. The summed E-state index contributed by atoms with van der Waals surface area (Å²) >= 11 is 0. The molecule has 0 aliphatic heterocycles. The SMILES string of the molecule is CCCCN(C)C(=O)c1ccc(-n2nc(C(=O)OCC)cc2-c2cccc(OC)c2)cc1. The van der Waals surface area contributed by atoms with Gasteiger partial charge in [0.1, 0.15) is 5.75 Å². The summed E-state index contributed by atoms with van der Waals surface area (Å²) in [6.07, 6.45) is 2.00. The van der Waals surface area contributed by atoms with Crippen molar-refractivity contribution < 1.29 is 19.1 Å². The molecule has 7 heteroatoms. The van der Waals surface area contributed by atoms with E-state index in [-0.39, 0.29) is 18.2 Å². The molecule has 168 valence electrons. The zero-order valence-electron chi connectivity index (χ0n) is 19.0. The highest BCUT2D eigenvalue weighted by Crippen LogP contribution is 2.27. The van der Waals surface area contributed by atoms with E-state index in [1.54, 1.807) is 41.8 Å². The fourth-order valence-electron chi connectivity index (χ4n) is 3.33. The Hall–Kier alpha value is -3.61. The average molecular weight is 436 g/mol. The molecular weight excluding hydrogens is 406 g/mol. The van der Waals surface area contributed by atoms with Crippen molar-refractivity contribution in [2.24, 2.45) is 0 Å². The molecule has 3 rings (SSSR count). The summed E-state index contributed by atoms with van der Waals surface area (Å²) in [6.45, 7) is 4.84. The average Bonchev–Trinajstić information content (AvgIpc) is 3.28. The molecule has 1 heterocycles. The smallest absolute Gasteiger partial charge is 0.358 e. The van der Waals surface area contributed by atoms with Crippen LogP contribution in [0.1, 0.15) is 47.5 Å². The van der Waals surface area contributed by atoms with Crippen LogP contribution >= 0.6 is 0 Å². The first-order valence-electron chi connectivity index (χ1n) is 10.8. The predicted octanol–water partition coefficient (Wildman–Crippen LogP) is 4.60. The number of ether oxygens (including phenoxy) is 2. The van der Waals surface area contributed by atoms with Gasteiger partial charge in [0.25, 0.3) is 5.91 Å². The van der Waals surface area contributed by atoms with Gasteiger partial charge in [-0.1, -0.05) is 25.5 Å². The zero-order valence-corrected chi connectivity index (χ0v) is 19.0. The molecule has 32 heavy (non-hydrogen) atoms. The Morgan fingerprint density at radius 2 is 1.81 bits per heavy atom. The minimum Gasteiger partial charge on any atom is -0.497 e. The summed E-state index contributed by atoms with van der Waals surface area (Å²) < 4.78 is 12.2. The van der Waals surface area contributed by atoms with E-state index in [1.807, 2.05) is 43.4 Å². The van der Waals surface area contributed by atoms with Gasteiger partial charge in [-0.2, -0.15) is 5.10 Å². The summed E-state index contributed by atoms with van der Waals surface area (Å²) in [6, 6.07) is 16.4. The quantitative estimate of drug-likeness (QED) is 0.460. The van der Waals surface area contributed by atoms with Crippen molar-refractivity contribution in [1.29, 1.82) is 0 Å². The number of nitrogens with zero attached hydrogens (tertiary/aromatic N) is 3. The zero-order chi connectivity index (χ0) is 23.1. The third-order valence-electron chi connectivity index (χ3n) is 5.11. The highest BCUT2D eigenvalue weighted by molar-refractivity contribution is 5.94. The molecule has 0 aliphatic carbocycles. The van der Waals surface area contributed by atoms with Crippen molar-refractivity contribution in [2.75, 3.05) is 27.3 Å². The Balaban J connectivity index is 1.98. The van der Waals surface area contributed by atoms with Gasteiger partial charge in [0.15, 0.2) is 5.69 Å². The van der Waals surface area contributed by atoms with Crippen LogP contribution in [0, 0.1) is 0 Å². The molecule has 1 amide bonds. The van der Waals surface area contributed by atoms with E-state index < -0.39 is 5.97 Å². The first kappa shape index (κ1) is 23.1. The molecule has 0 saturated carbocycles. The Bertz CT molecular complexity index is 1070. The third-order valence-corrected chi connectivity index (χ3v) is 5.11. The maximum absolute atomic E-state index is 12.7. The second-order valence-corrected chi connectivity index (χ2v) is 7.41. The van der Waals surface area contributed by atoms with Gasteiger partial charge in [0.05, 0.1) is 25.1 Å². The summed E-state index contributed by atoms with van der Waals surface area (Å²) in [5.74, 6) is 0.189. The van der Waals surface area contributed by atoms with Crippen LogP contribution in [-0.4, -0.2) is 53.9 Å². The monoisotopic (exact) mass is 435 g/mol. The highest BCUT2D eigenvalue weighted by atomic mass is 16.5. The molecule has 0 saturated heterocycles. The minimum atomic E-state index is -0.486. The number of methoxy groups -OCH3 is 1. The van der Waals surface area contributed by atoms with Gasteiger partial charge in [0, 0.05) is 24.7 Å². The second-order valence-electron chi connectivity index (χ2n) is 7.41. The van der Waals surface area contributed by atoms with Crippen LogP contribution in [-0.2, 0) is 4.74 Å². The number of unbranched alkanes of at least 4 members (excludes halogenated alkanes) is 1. The van der Waals surface area contributed by atoms with Crippen LogP contribution in [0.5, 0.6) is 5.75 Å². The molecule has 0 N–H and O–H groups in total. The van der Waals surface area contributed by atoms with E-state index in [4.69, 9.17) is 9.47 Å². The van der Waals surface area contributed by atoms with Crippen molar-refractivity contribution in [3.63, 3.8) is 0 Å². The standard InChI is InChI=1S/C25H29N3O4/c1-5-7-15-27(3)24(29)18-11-13-20(14-12-18)28-23(17-22(26-28)25(30)32-6-2)19-9-8-10-21(16-19)31-4/h8-14,16-17H,5-7,15H2,1-4H3. The van der Waals surface area contributed by atoms with Crippen molar-refractivity contribution in [1.82, 2.24) is 14.7 Å². The van der Waals surface area contributed by atoms with Gasteiger partial charge >= 0.3 is 5.97 Å². The number of rotatable bonds is 9. The van der Waals surface area contributed by atoms with E-state index in [0.29, 0.717) is 17.0 Å². The molecule has 0 fully saturated rings. The Labute approximate surface area is 188 Å². The predicted molar refractivity (Wildman–Crippen MR) is 123 cm³/mol. The molecule has 3 aromatic rings. The topological polar surface area (TPSA) is 73.7 Å². The first-order valence-corrected chi connectivity index (χ1v) is 10.8. The molecule has 0 aliphatic rings. The van der Waals surface area contributed by atoms with Crippen molar-refractivity contribution >= 4 is 11.9 Å². The Kier molecular flexibility index (Phi) is 7.65. The summed E-state index contributed by atoms with van der Waals surface area (Å²) in [4.78, 5) is 26.7. The van der Waals surface area contributed by atoms with Crippen LogP contribution in [0.3, 0.4) is 0 Å². The molecular formula is C25H29N3O4. The minimum absolute atomic E-state index is 0.0225. The number of amides is 1. The van der Waals surface area contributed by atoms with Crippen LogP contribution in [0.25, 0.3) is 16.9 Å². The van der Waals surface area contributed by atoms with Gasteiger partial charge in [0.2, 0.25) is 0 Å². The molecule has 0 unspecified atom stereocenters. The number of aromatic nitrogens is 2. The van der Waals surface area contributed by atoms with Gasteiger partial charge in [-0.3, -0.25) is 4.79 Å². The lowest BCUT2D eigenvalue weighted by Crippen LogP contribution is -2.27. The van der Waals surface area contributed by atoms with Crippen molar-refractivity contribution in [3.8, 4) is 22.7 Å². The number of hydrogen-bond acceptors (Lipinski definition) is 5. The molecule has 0 bridgehead atoms. The van der Waals surface area contributed by atoms with Gasteiger partial charge in [-0.25, -0.2) is 9.48 Å². The van der Waals surface area contributed by atoms with Gasteiger partial charge in [-0.15, -0.1) is 0 Å². The van der Waals surface area contributed by atoms with E-state index in [9.17, 15) is 9.59 Å². The third kappa shape index (κ3) is 5.17. The summed E-state index contributed by atoms with van der Waals surface area (Å²) in [7, 11) is 3.42. The maximum Gasteiger partial charge on any atom is 0.358 e. The van der Waals surface area contributed by atoms with Crippen molar-refractivity contribution in [3.05, 3.63) is 65.9 Å². The summed E-state index contributed by atoms with van der Waals surface area (Å²) in [5, 5.41) is 4.49. The fraction of sp³-hybridized carbons (Fsp3) is 0.320. The summed E-state index contributed by atoms with van der Waals surface area (Å²) in [5.41, 5.74) is 3.10. The maximum atomic E-state index is 12.7. The van der Waals surface area contributed by atoms with E-state index in [0.717, 1.165) is 30.6 Å². The second kappa shape index (κ2) is 10.6. The first-order chi connectivity index (χ1) is 15.5. The number of carbonyl (C=O) groups is 2. The number of hydrogen-bond donors (Lipinski definition) is 0. The molecule has 2 aromatic carbocycles. The lowest BCUT2D eigenvalue weighted by molar-refractivity contribution is 0.0518. The normalized spacial score (nSPS) is 10.6. The molecule has 1 aromatic heterocycles. The van der Waals surface area contributed by atoms with Crippen LogP contribution in [0.15, 0.2) is 54.6 Å². The molecule has 0 spiro atoms. The van der Waals surface area contributed by atoms with E-state index in [2.05, 4.69) is 12.0 Å². The van der Waals surface area contributed by atoms with E-state index >= 15 is 0 Å². The lowest BCUT2D eigenvalue weighted by atomic mass is 10.1. The van der Waals surface area contributed by atoms with Gasteiger partial charge in [-0.05, 0) is 55.8 Å². The number of benzene rings is 2. The molecule has 0 radical (unpaired) electrons.